The van der Waals surface area contributed by atoms with Crippen molar-refractivity contribution in [2.75, 3.05) is 0 Å². The Labute approximate surface area is 118 Å². The summed E-state index contributed by atoms with van der Waals surface area (Å²) in [4.78, 5) is 0. The number of aliphatic hydroxyl groups is 1. The number of halogens is 1. The summed E-state index contributed by atoms with van der Waals surface area (Å²) in [6, 6.07) is 9.71. The lowest BCUT2D eigenvalue weighted by molar-refractivity contribution is 0.117. The minimum absolute atomic E-state index is 0.0859. The van der Waals surface area contributed by atoms with Crippen LogP contribution in [0.2, 0.25) is 5.15 Å². The molecule has 102 valence electrons. The number of hydrogen-bond acceptors (Lipinski definition) is 2. The first kappa shape index (κ1) is 14.1. The highest BCUT2D eigenvalue weighted by Crippen LogP contribution is 2.28. The standard InChI is InChI=1S/C15H19ClN2O/c1-10(14(19)12-7-5-4-6-8-12)9-13-11(2)17-18(3)15(13)16/h4-8,10,14,19H,9H2,1-3H3. The zero-order valence-corrected chi connectivity index (χ0v) is 12.2. The third-order valence-electron chi connectivity index (χ3n) is 3.48. The van der Waals surface area contributed by atoms with E-state index >= 15 is 0 Å². The molecule has 3 nitrogen and oxygen atoms in total. The molecule has 0 saturated carbocycles. The highest BCUT2D eigenvalue weighted by atomic mass is 35.5. The molecule has 4 heteroatoms. The number of aliphatic hydroxyl groups excluding tert-OH is 1. The molecule has 0 aliphatic heterocycles. The summed E-state index contributed by atoms with van der Waals surface area (Å²) in [6.45, 7) is 3.98. The Morgan fingerprint density at radius 2 is 1.95 bits per heavy atom. The summed E-state index contributed by atoms with van der Waals surface area (Å²) in [5.41, 5.74) is 2.89. The molecule has 0 amide bonds. The molecule has 2 unspecified atom stereocenters. The second-order valence-electron chi connectivity index (χ2n) is 5.02. The van der Waals surface area contributed by atoms with Gasteiger partial charge < -0.3 is 5.11 Å². The highest BCUT2D eigenvalue weighted by Gasteiger charge is 2.20. The highest BCUT2D eigenvalue weighted by molar-refractivity contribution is 6.30. The Hall–Kier alpha value is -1.32. The predicted octanol–water partition coefficient (Wildman–Crippen LogP) is 3.29. The molecule has 1 N–H and O–H groups in total. The average Bonchev–Trinajstić information content (AvgIpc) is 2.65. The van der Waals surface area contributed by atoms with Crippen molar-refractivity contribution in [3.8, 4) is 0 Å². The van der Waals surface area contributed by atoms with Crippen molar-refractivity contribution in [2.24, 2.45) is 13.0 Å². The van der Waals surface area contributed by atoms with Gasteiger partial charge in [0.2, 0.25) is 0 Å². The minimum Gasteiger partial charge on any atom is -0.388 e. The molecule has 0 saturated heterocycles. The quantitative estimate of drug-likeness (QED) is 0.932. The van der Waals surface area contributed by atoms with Crippen LogP contribution in [0.4, 0.5) is 0 Å². The monoisotopic (exact) mass is 278 g/mol. The Kier molecular flexibility index (Phi) is 4.27. The fourth-order valence-corrected chi connectivity index (χ4v) is 2.57. The Balaban J connectivity index is 2.15. The fraction of sp³-hybridized carbons (Fsp3) is 0.400. The summed E-state index contributed by atoms with van der Waals surface area (Å²) < 4.78 is 1.67. The van der Waals surface area contributed by atoms with Crippen LogP contribution in [0.1, 0.15) is 29.8 Å². The van der Waals surface area contributed by atoms with Crippen molar-refractivity contribution in [1.29, 1.82) is 0 Å². The molecule has 0 spiro atoms. The number of nitrogens with zero attached hydrogens (tertiary/aromatic N) is 2. The van der Waals surface area contributed by atoms with E-state index in [0.717, 1.165) is 16.8 Å². The third kappa shape index (κ3) is 2.99. The molecular weight excluding hydrogens is 260 g/mol. The zero-order valence-electron chi connectivity index (χ0n) is 11.5. The summed E-state index contributed by atoms with van der Waals surface area (Å²) in [5, 5.41) is 15.3. The lowest BCUT2D eigenvalue weighted by Crippen LogP contribution is -2.12. The smallest absolute Gasteiger partial charge is 0.130 e. The molecule has 0 radical (unpaired) electrons. The van der Waals surface area contributed by atoms with E-state index in [9.17, 15) is 5.11 Å². The van der Waals surface area contributed by atoms with E-state index in [0.29, 0.717) is 11.6 Å². The van der Waals surface area contributed by atoms with Crippen LogP contribution in [0, 0.1) is 12.8 Å². The van der Waals surface area contributed by atoms with E-state index in [1.165, 1.54) is 0 Å². The van der Waals surface area contributed by atoms with Gasteiger partial charge in [-0.25, -0.2) is 0 Å². The first-order valence-electron chi connectivity index (χ1n) is 6.41. The summed E-state index contributed by atoms with van der Waals surface area (Å²) in [6.07, 6.45) is 0.228. The van der Waals surface area contributed by atoms with Gasteiger partial charge in [0, 0.05) is 12.6 Å². The van der Waals surface area contributed by atoms with E-state index < -0.39 is 6.10 Å². The fourth-order valence-electron chi connectivity index (χ4n) is 2.32. The first-order valence-corrected chi connectivity index (χ1v) is 6.79. The second-order valence-corrected chi connectivity index (χ2v) is 5.37. The lowest BCUT2D eigenvalue weighted by Gasteiger charge is -2.19. The van der Waals surface area contributed by atoms with Gasteiger partial charge in [-0.15, -0.1) is 0 Å². The predicted molar refractivity (Wildman–Crippen MR) is 77.2 cm³/mol. The molecule has 2 rings (SSSR count). The van der Waals surface area contributed by atoms with Crippen LogP contribution >= 0.6 is 11.6 Å². The van der Waals surface area contributed by atoms with Gasteiger partial charge in [0.1, 0.15) is 5.15 Å². The largest absolute Gasteiger partial charge is 0.388 e. The van der Waals surface area contributed by atoms with Crippen LogP contribution in [0.25, 0.3) is 0 Å². The molecule has 0 fully saturated rings. The maximum Gasteiger partial charge on any atom is 0.130 e. The molecular formula is C15H19ClN2O. The van der Waals surface area contributed by atoms with Gasteiger partial charge in [0.25, 0.3) is 0 Å². The Morgan fingerprint density at radius 1 is 1.32 bits per heavy atom. The van der Waals surface area contributed by atoms with Crippen LogP contribution in [0.15, 0.2) is 30.3 Å². The van der Waals surface area contributed by atoms with Gasteiger partial charge in [0.05, 0.1) is 11.8 Å². The summed E-state index contributed by atoms with van der Waals surface area (Å²) in [5.74, 6) is 0.0859. The third-order valence-corrected chi connectivity index (χ3v) is 3.95. The van der Waals surface area contributed by atoms with Gasteiger partial charge in [-0.3, -0.25) is 4.68 Å². The van der Waals surface area contributed by atoms with Crippen LogP contribution in [0.3, 0.4) is 0 Å². The maximum atomic E-state index is 10.4. The molecule has 19 heavy (non-hydrogen) atoms. The van der Waals surface area contributed by atoms with Crippen molar-refractivity contribution < 1.29 is 5.11 Å². The van der Waals surface area contributed by atoms with Crippen LogP contribution in [-0.4, -0.2) is 14.9 Å². The van der Waals surface area contributed by atoms with Crippen LogP contribution in [-0.2, 0) is 13.5 Å². The van der Waals surface area contributed by atoms with E-state index in [-0.39, 0.29) is 5.92 Å². The molecule has 0 aliphatic rings. The summed E-state index contributed by atoms with van der Waals surface area (Å²) in [7, 11) is 1.83. The van der Waals surface area contributed by atoms with Crippen molar-refractivity contribution in [3.63, 3.8) is 0 Å². The number of benzene rings is 1. The van der Waals surface area contributed by atoms with Gasteiger partial charge in [-0.2, -0.15) is 5.10 Å². The SMILES string of the molecule is Cc1nn(C)c(Cl)c1CC(C)C(O)c1ccccc1. The Bertz CT molecular complexity index is 551. The van der Waals surface area contributed by atoms with Gasteiger partial charge >= 0.3 is 0 Å². The minimum atomic E-state index is -0.489. The number of aryl methyl sites for hydroxylation is 2. The lowest BCUT2D eigenvalue weighted by atomic mass is 9.92. The Morgan fingerprint density at radius 3 is 2.47 bits per heavy atom. The van der Waals surface area contributed by atoms with Crippen molar-refractivity contribution in [2.45, 2.75) is 26.4 Å². The van der Waals surface area contributed by atoms with Crippen molar-refractivity contribution in [3.05, 3.63) is 52.3 Å². The van der Waals surface area contributed by atoms with Gasteiger partial charge in [0.15, 0.2) is 0 Å². The molecule has 2 atom stereocenters. The topological polar surface area (TPSA) is 38.0 Å². The normalized spacial score (nSPS) is 14.4. The van der Waals surface area contributed by atoms with Gasteiger partial charge in [-0.05, 0) is 24.8 Å². The molecule has 2 aromatic rings. The van der Waals surface area contributed by atoms with Crippen molar-refractivity contribution >= 4 is 11.6 Å². The van der Waals surface area contributed by atoms with Crippen molar-refractivity contribution in [1.82, 2.24) is 9.78 Å². The van der Waals surface area contributed by atoms with E-state index in [2.05, 4.69) is 5.10 Å². The molecule has 0 bridgehead atoms. The molecule has 1 aromatic heterocycles. The second kappa shape index (κ2) is 5.76. The number of rotatable bonds is 4. The first-order chi connectivity index (χ1) is 9.00. The number of hydrogen-bond donors (Lipinski definition) is 1. The van der Waals surface area contributed by atoms with E-state index in [4.69, 9.17) is 11.6 Å². The molecule has 1 aromatic carbocycles. The zero-order chi connectivity index (χ0) is 14.0. The maximum absolute atomic E-state index is 10.4. The summed E-state index contributed by atoms with van der Waals surface area (Å²) >= 11 is 6.23. The van der Waals surface area contributed by atoms with E-state index in [1.54, 1.807) is 4.68 Å². The molecule has 0 aliphatic carbocycles. The van der Waals surface area contributed by atoms with Gasteiger partial charge in [-0.1, -0.05) is 48.9 Å². The average molecular weight is 279 g/mol. The molecule has 1 heterocycles. The number of aromatic nitrogens is 2. The van der Waals surface area contributed by atoms with Crippen LogP contribution < -0.4 is 0 Å². The van der Waals surface area contributed by atoms with Crippen LogP contribution in [0.5, 0.6) is 0 Å². The van der Waals surface area contributed by atoms with E-state index in [1.807, 2.05) is 51.2 Å².